The molecule has 0 saturated heterocycles. The topological polar surface area (TPSA) is 52.0 Å². The standard InChI is InChI=1S/C26H22N4O/c1-2-8-22(9-3-1)29-23-10-6-11-24(17-23)31-25-13-12-20-19-28-30(26(20)18-25)16-14-21-7-4-5-15-27-21/h1-11,14-19,29H,12-13H2. The fourth-order valence-electron chi connectivity index (χ4n) is 3.54. The summed E-state index contributed by atoms with van der Waals surface area (Å²) in [5.74, 6) is 1.74. The van der Waals surface area contributed by atoms with Crippen LogP contribution in [0.2, 0.25) is 0 Å². The van der Waals surface area contributed by atoms with Gasteiger partial charge in [-0.15, -0.1) is 0 Å². The Hall–Kier alpha value is -4.12. The second-order valence-corrected chi connectivity index (χ2v) is 7.30. The van der Waals surface area contributed by atoms with Crippen molar-refractivity contribution in [3.63, 3.8) is 0 Å². The van der Waals surface area contributed by atoms with Crippen molar-refractivity contribution >= 4 is 29.7 Å². The molecule has 0 aliphatic heterocycles. The maximum atomic E-state index is 6.22. The van der Waals surface area contributed by atoms with Crippen LogP contribution in [0.15, 0.2) is 90.9 Å². The Balaban J connectivity index is 1.33. The molecule has 2 aromatic heterocycles. The van der Waals surface area contributed by atoms with Crippen molar-refractivity contribution in [1.29, 1.82) is 0 Å². The van der Waals surface area contributed by atoms with E-state index in [9.17, 15) is 0 Å². The number of nitrogens with one attached hydrogen (secondary N) is 1. The zero-order valence-electron chi connectivity index (χ0n) is 17.0. The molecule has 2 heterocycles. The third-order valence-corrected chi connectivity index (χ3v) is 5.07. The lowest BCUT2D eigenvalue weighted by atomic mass is 10.0. The van der Waals surface area contributed by atoms with E-state index in [2.05, 4.69) is 21.5 Å². The van der Waals surface area contributed by atoms with E-state index in [1.54, 1.807) is 6.20 Å². The number of fused-ring (bicyclic) bond motifs is 1. The van der Waals surface area contributed by atoms with Gasteiger partial charge in [0.25, 0.3) is 0 Å². The minimum absolute atomic E-state index is 0.811. The highest BCUT2D eigenvalue weighted by molar-refractivity contribution is 5.64. The van der Waals surface area contributed by atoms with Crippen molar-refractivity contribution < 1.29 is 4.74 Å². The molecule has 0 unspecified atom stereocenters. The van der Waals surface area contributed by atoms with E-state index >= 15 is 0 Å². The predicted molar refractivity (Wildman–Crippen MR) is 125 cm³/mol. The van der Waals surface area contributed by atoms with Gasteiger partial charge < -0.3 is 10.1 Å². The number of hydrogen-bond acceptors (Lipinski definition) is 4. The monoisotopic (exact) mass is 406 g/mol. The molecule has 2 aromatic carbocycles. The third kappa shape index (κ3) is 4.56. The summed E-state index contributed by atoms with van der Waals surface area (Å²) in [5.41, 5.74) is 5.20. The number of anilines is 2. The van der Waals surface area contributed by atoms with E-state index in [-0.39, 0.29) is 0 Å². The summed E-state index contributed by atoms with van der Waals surface area (Å²) in [6, 6.07) is 24.0. The number of allylic oxidation sites excluding steroid dienone is 1. The van der Waals surface area contributed by atoms with Crippen LogP contribution in [0, 0.1) is 0 Å². The molecule has 31 heavy (non-hydrogen) atoms. The predicted octanol–water partition coefficient (Wildman–Crippen LogP) is 6.02. The number of ether oxygens (including phenoxy) is 1. The quantitative estimate of drug-likeness (QED) is 0.426. The number of nitrogens with zero attached hydrogens (tertiary/aromatic N) is 3. The zero-order valence-corrected chi connectivity index (χ0v) is 17.0. The molecule has 152 valence electrons. The van der Waals surface area contributed by atoms with Crippen LogP contribution in [0.25, 0.3) is 18.4 Å². The molecule has 0 atom stereocenters. The van der Waals surface area contributed by atoms with Gasteiger partial charge in [0, 0.05) is 42.3 Å². The van der Waals surface area contributed by atoms with Gasteiger partial charge in [-0.1, -0.05) is 30.3 Å². The minimum Gasteiger partial charge on any atom is -0.462 e. The molecule has 0 saturated carbocycles. The SMILES string of the molecule is C(=Cn1ncc2c1C=C(Oc1cccc(Nc3ccccc3)c1)CC2)c1ccccn1. The minimum atomic E-state index is 0.811. The summed E-state index contributed by atoms with van der Waals surface area (Å²) in [4.78, 5) is 4.33. The van der Waals surface area contributed by atoms with Crippen molar-refractivity contribution in [2.75, 3.05) is 5.32 Å². The van der Waals surface area contributed by atoms with E-state index in [4.69, 9.17) is 4.74 Å². The molecule has 1 N–H and O–H groups in total. The highest BCUT2D eigenvalue weighted by atomic mass is 16.5. The Morgan fingerprint density at radius 1 is 0.903 bits per heavy atom. The number of benzene rings is 2. The maximum absolute atomic E-state index is 6.22. The van der Waals surface area contributed by atoms with E-state index in [1.807, 2.05) is 96.0 Å². The van der Waals surface area contributed by atoms with Crippen molar-refractivity contribution in [3.8, 4) is 5.75 Å². The maximum Gasteiger partial charge on any atom is 0.129 e. The van der Waals surface area contributed by atoms with Gasteiger partial charge in [0.2, 0.25) is 0 Å². The lowest BCUT2D eigenvalue weighted by Gasteiger charge is -2.16. The highest BCUT2D eigenvalue weighted by Gasteiger charge is 2.16. The first-order chi connectivity index (χ1) is 15.3. The van der Waals surface area contributed by atoms with E-state index < -0.39 is 0 Å². The van der Waals surface area contributed by atoms with Crippen molar-refractivity contribution in [2.24, 2.45) is 0 Å². The lowest BCUT2D eigenvalue weighted by molar-refractivity contribution is 0.406. The second-order valence-electron chi connectivity index (χ2n) is 7.30. The summed E-state index contributed by atoms with van der Waals surface area (Å²) in [6.07, 6.45) is 11.4. The summed E-state index contributed by atoms with van der Waals surface area (Å²) >= 11 is 0. The fraction of sp³-hybridized carbons (Fsp3) is 0.0769. The van der Waals surface area contributed by atoms with Crippen LogP contribution in [0.4, 0.5) is 11.4 Å². The van der Waals surface area contributed by atoms with E-state index in [1.165, 1.54) is 5.56 Å². The summed E-state index contributed by atoms with van der Waals surface area (Å²) < 4.78 is 8.10. The molecule has 0 amide bonds. The highest BCUT2D eigenvalue weighted by Crippen LogP contribution is 2.28. The van der Waals surface area contributed by atoms with Crippen molar-refractivity contribution in [2.45, 2.75) is 12.8 Å². The molecule has 1 aliphatic rings. The van der Waals surface area contributed by atoms with Crippen LogP contribution in [0.1, 0.15) is 23.4 Å². The van der Waals surface area contributed by atoms with E-state index in [0.717, 1.165) is 47.1 Å². The normalized spacial score (nSPS) is 13.0. The molecule has 5 rings (SSSR count). The first kappa shape index (κ1) is 18.9. The Morgan fingerprint density at radius 3 is 2.65 bits per heavy atom. The Bertz CT molecular complexity index is 1230. The lowest BCUT2D eigenvalue weighted by Crippen LogP contribution is -2.05. The molecular weight excluding hydrogens is 384 g/mol. The number of rotatable bonds is 6. The Kier molecular flexibility index (Phi) is 5.31. The summed E-state index contributed by atoms with van der Waals surface area (Å²) in [7, 11) is 0. The van der Waals surface area contributed by atoms with Gasteiger partial charge >= 0.3 is 0 Å². The summed E-state index contributed by atoms with van der Waals surface area (Å²) in [5, 5.41) is 7.91. The first-order valence-corrected chi connectivity index (χ1v) is 10.3. The van der Waals surface area contributed by atoms with Crippen LogP contribution >= 0.6 is 0 Å². The van der Waals surface area contributed by atoms with Crippen LogP contribution in [0.5, 0.6) is 5.75 Å². The zero-order chi connectivity index (χ0) is 20.9. The molecule has 5 heteroatoms. The molecule has 0 bridgehead atoms. The summed E-state index contributed by atoms with van der Waals surface area (Å²) in [6.45, 7) is 0. The van der Waals surface area contributed by atoms with Crippen LogP contribution in [0.3, 0.4) is 0 Å². The molecule has 0 fully saturated rings. The van der Waals surface area contributed by atoms with Crippen LogP contribution < -0.4 is 10.1 Å². The second kappa shape index (κ2) is 8.71. The first-order valence-electron chi connectivity index (χ1n) is 10.3. The Labute approximate surface area is 181 Å². The Morgan fingerprint density at radius 2 is 1.77 bits per heavy atom. The van der Waals surface area contributed by atoms with Crippen LogP contribution in [-0.4, -0.2) is 14.8 Å². The van der Waals surface area contributed by atoms with Crippen molar-refractivity contribution in [3.05, 3.63) is 108 Å². The van der Waals surface area contributed by atoms with Gasteiger partial charge in [-0.2, -0.15) is 5.10 Å². The number of aromatic nitrogens is 3. The number of aryl methyl sites for hydroxylation is 1. The molecule has 1 aliphatic carbocycles. The molecule has 4 aromatic rings. The number of pyridine rings is 1. The molecular formula is C26H22N4O. The largest absolute Gasteiger partial charge is 0.462 e. The van der Waals surface area contributed by atoms with Crippen LogP contribution in [-0.2, 0) is 6.42 Å². The number of para-hydroxylation sites is 1. The van der Waals surface area contributed by atoms with Gasteiger partial charge in [0.05, 0.1) is 17.6 Å². The molecule has 0 spiro atoms. The van der Waals surface area contributed by atoms with Gasteiger partial charge in [0.1, 0.15) is 11.5 Å². The van der Waals surface area contributed by atoms with Gasteiger partial charge in [-0.05, 0) is 54.5 Å². The smallest absolute Gasteiger partial charge is 0.129 e. The molecule has 0 radical (unpaired) electrons. The van der Waals surface area contributed by atoms with Gasteiger partial charge in [-0.25, -0.2) is 4.68 Å². The fourth-order valence-corrected chi connectivity index (χ4v) is 3.54. The average Bonchev–Trinajstić information content (AvgIpc) is 3.22. The molecule has 5 nitrogen and oxygen atoms in total. The average molecular weight is 406 g/mol. The number of hydrogen-bond donors (Lipinski definition) is 1. The van der Waals surface area contributed by atoms with Gasteiger partial charge in [-0.3, -0.25) is 4.98 Å². The van der Waals surface area contributed by atoms with E-state index in [0.29, 0.717) is 0 Å². The van der Waals surface area contributed by atoms with Crippen molar-refractivity contribution in [1.82, 2.24) is 14.8 Å². The third-order valence-electron chi connectivity index (χ3n) is 5.07. The van der Waals surface area contributed by atoms with Gasteiger partial charge in [0.15, 0.2) is 0 Å².